The van der Waals surface area contributed by atoms with Crippen LogP contribution < -0.4 is 10.1 Å². The van der Waals surface area contributed by atoms with E-state index in [2.05, 4.69) is 5.32 Å². The summed E-state index contributed by atoms with van der Waals surface area (Å²) in [6.45, 7) is 5.68. The minimum Gasteiger partial charge on any atom is -0.494 e. The van der Waals surface area contributed by atoms with Crippen LogP contribution in [0.2, 0.25) is 0 Å². The molecule has 0 radical (unpaired) electrons. The standard InChI is InChI=1S/C14H19NO4/c1-4-19-12-7-5-11(6-8-12)10(3)15-13(16)9(2)14(17)18/h5-10H,4H2,1-3H3,(H,15,16)(H,17,18). The smallest absolute Gasteiger partial charge is 0.315 e. The molecule has 0 aliphatic rings. The van der Waals surface area contributed by atoms with Crippen molar-refractivity contribution in [3.05, 3.63) is 29.8 Å². The molecule has 2 N–H and O–H groups in total. The molecule has 1 rings (SSSR count). The molecule has 0 saturated carbocycles. The number of benzene rings is 1. The zero-order valence-corrected chi connectivity index (χ0v) is 11.3. The van der Waals surface area contributed by atoms with E-state index in [9.17, 15) is 9.59 Å². The first-order valence-corrected chi connectivity index (χ1v) is 6.21. The van der Waals surface area contributed by atoms with Crippen molar-refractivity contribution in [2.45, 2.75) is 26.8 Å². The minimum absolute atomic E-state index is 0.245. The van der Waals surface area contributed by atoms with Crippen molar-refractivity contribution >= 4 is 11.9 Å². The Morgan fingerprint density at radius 2 is 1.84 bits per heavy atom. The highest BCUT2D eigenvalue weighted by Crippen LogP contribution is 2.18. The van der Waals surface area contributed by atoms with Gasteiger partial charge in [0.05, 0.1) is 12.6 Å². The zero-order chi connectivity index (χ0) is 14.4. The van der Waals surface area contributed by atoms with E-state index in [-0.39, 0.29) is 6.04 Å². The molecule has 5 nitrogen and oxygen atoms in total. The van der Waals surface area contributed by atoms with Gasteiger partial charge >= 0.3 is 5.97 Å². The summed E-state index contributed by atoms with van der Waals surface area (Å²) in [4.78, 5) is 22.3. The van der Waals surface area contributed by atoms with Gasteiger partial charge in [-0.1, -0.05) is 12.1 Å². The van der Waals surface area contributed by atoms with Gasteiger partial charge in [0, 0.05) is 0 Å². The molecule has 0 saturated heterocycles. The van der Waals surface area contributed by atoms with Crippen LogP contribution in [0.1, 0.15) is 32.4 Å². The van der Waals surface area contributed by atoms with Crippen molar-refractivity contribution in [2.24, 2.45) is 5.92 Å². The van der Waals surface area contributed by atoms with Crippen LogP contribution in [0.25, 0.3) is 0 Å². The van der Waals surface area contributed by atoms with Crippen LogP contribution in [-0.2, 0) is 9.59 Å². The Kier molecular flexibility index (Phi) is 5.36. The molecule has 2 atom stereocenters. The lowest BCUT2D eigenvalue weighted by molar-refractivity contribution is -0.146. The van der Waals surface area contributed by atoms with Crippen molar-refractivity contribution < 1.29 is 19.4 Å². The number of amides is 1. The summed E-state index contributed by atoms with van der Waals surface area (Å²) in [6, 6.07) is 7.09. The number of rotatable bonds is 6. The topological polar surface area (TPSA) is 75.6 Å². The summed E-state index contributed by atoms with van der Waals surface area (Å²) >= 11 is 0. The Hall–Kier alpha value is -2.04. The van der Waals surface area contributed by atoms with Gasteiger partial charge in [0.1, 0.15) is 11.7 Å². The molecule has 19 heavy (non-hydrogen) atoms. The molecule has 2 unspecified atom stereocenters. The van der Waals surface area contributed by atoms with Crippen LogP contribution in [0.5, 0.6) is 5.75 Å². The number of nitrogens with one attached hydrogen (secondary N) is 1. The Balaban J connectivity index is 2.65. The summed E-state index contributed by atoms with van der Waals surface area (Å²) in [6.07, 6.45) is 0. The predicted molar refractivity (Wildman–Crippen MR) is 71.0 cm³/mol. The highest BCUT2D eigenvalue weighted by atomic mass is 16.5. The third kappa shape index (κ3) is 4.28. The molecule has 0 aliphatic heterocycles. The molecular formula is C14H19NO4. The molecule has 1 aromatic carbocycles. The van der Waals surface area contributed by atoms with E-state index in [1.165, 1.54) is 6.92 Å². The Morgan fingerprint density at radius 1 is 1.26 bits per heavy atom. The molecule has 0 aliphatic carbocycles. The van der Waals surface area contributed by atoms with Crippen molar-refractivity contribution in [3.63, 3.8) is 0 Å². The molecule has 1 aromatic rings. The second-order valence-electron chi connectivity index (χ2n) is 4.29. The fraction of sp³-hybridized carbons (Fsp3) is 0.429. The zero-order valence-electron chi connectivity index (χ0n) is 11.3. The predicted octanol–water partition coefficient (Wildman–Crippen LogP) is 1.98. The van der Waals surface area contributed by atoms with Gasteiger partial charge < -0.3 is 15.2 Å². The summed E-state index contributed by atoms with van der Waals surface area (Å²) in [7, 11) is 0. The first kappa shape index (κ1) is 15.0. The van der Waals surface area contributed by atoms with Gasteiger partial charge in [0.25, 0.3) is 0 Å². The van der Waals surface area contributed by atoms with Crippen LogP contribution >= 0.6 is 0 Å². The highest BCUT2D eigenvalue weighted by molar-refractivity contribution is 5.96. The normalized spacial score (nSPS) is 13.4. The Morgan fingerprint density at radius 3 is 2.32 bits per heavy atom. The van der Waals surface area contributed by atoms with E-state index < -0.39 is 17.8 Å². The monoisotopic (exact) mass is 265 g/mol. The van der Waals surface area contributed by atoms with Crippen molar-refractivity contribution in [2.75, 3.05) is 6.61 Å². The molecule has 1 amide bonds. The quantitative estimate of drug-likeness (QED) is 0.771. The van der Waals surface area contributed by atoms with E-state index in [4.69, 9.17) is 9.84 Å². The first-order chi connectivity index (χ1) is 8.95. The largest absolute Gasteiger partial charge is 0.494 e. The fourth-order valence-corrected chi connectivity index (χ4v) is 1.55. The van der Waals surface area contributed by atoms with Gasteiger partial charge in [-0.05, 0) is 38.5 Å². The van der Waals surface area contributed by atoms with Gasteiger partial charge in [-0.25, -0.2) is 0 Å². The summed E-state index contributed by atoms with van der Waals surface area (Å²) in [5.41, 5.74) is 0.898. The molecule has 0 spiro atoms. The molecule has 5 heteroatoms. The van der Waals surface area contributed by atoms with Crippen molar-refractivity contribution in [1.82, 2.24) is 5.32 Å². The van der Waals surface area contributed by atoms with Crippen molar-refractivity contribution in [3.8, 4) is 5.75 Å². The average molecular weight is 265 g/mol. The third-order valence-corrected chi connectivity index (χ3v) is 2.81. The van der Waals surface area contributed by atoms with Gasteiger partial charge in [0.15, 0.2) is 0 Å². The maximum absolute atomic E-state index is 11.6. The van der Waals surface area contributed by atoms with E-state index in [0.717, 1.165) is 11.3 Å². The molecule has 0 heterocycles. The number of hydrogen-bond donors (Lipinski definition) is 2. The Labute approximate surface area is 112 Å². The van der Waals surface area contributed by atoms with Crippen LogP contribution in [0.3, 0.4) is 0 Å². The van der Waals surface area contributed by atoms with Gasteiger partial charge in [-0.2, -0.15) is 0 Å². The number of carboxylic acid groups (broad SMARTS) is 1. The maximum atomic E-state index is 11.6. The number of carbonyl (C=O) groups excluding carboxylic acids is 1. The van der Waals surface area contributed by atoms with E-state index >= 15 is 0 Å². The highest BCUT2D eigenvalue weighted by Gasteiger charge is 2.22. The summed E-state index contributed by atoms with van der Waals surface area (Å²) < 4.78 is 5.33. The molecule has 0 aromatic heterocycles. The number of carboxylic acids is 1. The second kappa shape index (κ2) is 6.78. The fourth-order valence-electron chi connectivity index (χ4n) is 1.55. The summed E-state index contributed by atoms with van der Waals surface area (Å²) in [5, 5.41) is 11.4. The van der Waals surface area contributed by atoms with Gasteiger partial charge in [-0.3, -0.25) is 9.59 Å². The van der Waals surface area contributed by atoms with E-state index in [0.29, 0.717) is 6.61 Å². The Bertz CT molecular complexity index is 441. The van der Waals surface area contributed by atoms with Crippen LogP contribution in [0, 0.1) is 5.92 Å². The lowest BCUT2D eigenvalue weighted by atomic mass is 10.1. The van der Waals surface area contributed by atoms with Gasteiger partial charge in [0.2, 0.25) is 5.91 Å². The van der Waals surface area contributed by atoms with Crippen LogP contribution in [0.4, 0.5) is 0 Å². The lowest BCUT2D eigenvalue weighted by Crippen LogP contribution is -2.35. The van der Waals surface area contributed by atoms with Crippen LogP contribution in [0.15, 0.2) is 24.3 Å². The first-order valence-electron chi connectivity index (χ1n) is 6.21. The third-order valence-electron chi connectivity index (χ3n) is 2.81. The number of aliphatic carboxylic acids is 1. The van der Waals surface area contributed by atoms with E-state index in [1.54, 1.807) is 0 Å². The molecular weight excluding hydrogens is 246 g/mol. The molecule has 0 fully saturated rings. The average Bonchev–Trinajstić information content (AvgIpc) is 2.38. The number of hydrogen-bond acceptors (Lipinski definition) is 3. The second-order valence-corrected chi connectivity index (χ2v) is 4.29. The van der Waals surface area contributed by atoms with E-state index in [1.807, 2.05) is 38.1 Å². The van der Waals surface area contributed by atoms with Crippen molar-refractivity contribution in [1.29, 1.82) is 0 Å². The molecule has 0 bridgehead atoms. The van der Waals surface area contributed by atoms with Gasteiger partial charge in [-0.15, -0.1) is 0 Å². The molecule has 104 valence electrons. The number of carbonyl (C=O) groups is 2. The number of ether oxygens (including phenoxy) is 1. The minimum atomic E-state index is -1.13. The summed E-state index contributed by atoms with van der Waals surface area (Å²) in [5.74, 6) is -1.90. The SMILES string of the molecule is CCOc1ccc(C(C)NC(=O)C(C)C(=O)O)cc1. The maximum Gasteiger partial charge on any atom is 0.315 e. The lowest BCUT2D eigenvalue weighted by Gasteiger charge is -2.16. The van der Waals surface area contributed by atoms with Crippen LogP contribution in [-0.4, -0.2) is 23.6 Å².